The van der Waals surface area contributed by atoms with Crippen molar-refractivity contribution in [3.8, 4) is 0 Å². The van der Waals surface area contributed by atoms with Gasteiger partial charge in [0.2, 0.25) is 0 Å². The van der Waals surface area contributed by atoms with Crippen LogP contribution in [0.5, 0.6) is 0 Å². The van der Waals surface area contributed by atoms with Gasteiger partial charge >= 0.3 is 0 Å². The van der Waals surface area contributed by atoms with Crippen molar-refractivity contribution in [3.63, 3.8) is 0 Å². The molecule has 3 rings (SSSR count). The number of hydrogen-bond donors (Lipinski definition) is 3. The van der Waals surface area contributed by atoms with Gasteiger partial charge in [-0.2, -0.15) is 0 Å². The van der Waals surface area contributed by atoms with Crippen LogP contribution < -0.4 is 16.2 Å². The van der Waals surface area contributed by atoms with E-state index in [9.17, 15) is 4.79 Å². The predicted octanol–water partition coefficient (Wildman–Crippen LogP) is 2.36. The molecule has 3 aromatic heterocycles. The van der Waals surface area contributed by atoms with Crippen LogP contribution in [0.25, 0.3) is 5.65 Å². The van der Waals surface area contributed by atoms with Gasteiger partial charge in [-0.25, -0.2) is 4.98 Å². The Labute approximate surface area is 146 Å². The number of nitrogens with zero attached hydrogens (tertiary/aromatic N) is 2. The summed E-state index contributed by atoms with van der Waals surface area (Å²) in [5.41, 5.74) is 6.02. The summed E-state index contributed by atoms with van der Waals surface area (Å²) in [7, 11) is 0. The van der Waals surface area contributed by atoms with E-state index in [0.29, 0.717) is 22.3 Å². The Hall–Kier alpha value is -2.16. The van der Waals surface area contributed by atoms with Crippen molar-refractivity contribution in [3.05, 3.63) is 57.6 Å². The van der Waals surface area contributed by atoms with Crippen LogP contribution in [-0.2, 0) is 6.54 Å². The molecule has 3 heterocycles. The first-order valence-electron chi connectivity index (χ1n) is 6.62. The summed E-state index contributed by atoms with van der Waals surface area (Å²) in [6, 6.07) is 7.37. The fourth-order valence-electron chi connectivity index (χ4n) is 1.87. The number of imidazole rings is 1. The number of aromatic nitrogens is 2. The smallest absolute Gasteiger partial charge is 0.289 e. The zero-order valence-corrected chi connectivity index (χ0v) is 14.1. The molecule has 0 spiro atoms. The summed E-state index contributed by atoms with van der Waals surface area (Å²) in [4.78, 5) is 17.4. The summed E-state index contributed by atoms with van der Waals surface area (Å²) >= 11 is 12.6. The minimum atomic E-state index is -0.384. The molecular weight excluding hydrogens is 354 g/mol. The SMILES string of the molecule is O=C(NNC(=S)NCc1cccs1)c1cn2ccc(Cl)cc2n1. The quantitative estimate of drug-likeness (QED) is 0.491. The lowest BCUT2D eigenvalue weighted by molar-refractivity contribution is 0.0939. The third kappa shape index (κ3) is 3.98. The molecule has 0 fully saturated rings. The summed E-state index contributed by atoms with van der Waals surface area (Å²) in [6.07, 6.45) is 3.35. The molecule has 3 aromatic rings. The Bertz CT molecular complexity index is 846. The maximum Gasteiger partial charge on any atom is 0.289 e. The third-order valence-corrected chi connectivity index (χ3v) is 4.31. The Morgan fingerprint density at radius 3 is 3.04 bits per heavy atom. The van der Waals surface area contributed by atoms with Crippen molar-refractivity contribution in [2.75, 3.05) is 0 Å². The van der Waals surface area contributed by atoms with Gasteiger partial charge in [0.1, 0.15) is 11.3 Å². The minimum absolute atomic E-state index is 0.265. The zero-order valence-electron chi connectivity index (χ0n) is 11.7. The first-order valence-corrected chi connectivity index (χ1v) is 8.29. The summed E-state index contributed by atoms with van der Waals surface area (Å²) in [5.74, 6) is -0.384. The number of rotatable bonds is 3. The van der Waals surface area contributed by atoms with Crippen LogP contribution in [0.15, 0.2) is 42.0 Å². The summed E-state index contributed by atoms with van der Waals surface area (Å²) in [5, 5.41) is 5.88. The van der Waals surface area contributed by atoms with Crippen LogP contribution in [-0.4, -0.2) is 20.4 Å². The maximum absolute atomic E-state index is 12.1. The topological polar surface area (TPSA) is 70.5 Å². The highest BCUT2D eigenvalue weighted by Gasteiger charge is 2.11. The van der Waals surface area contributed by atoms with Crippen molar-refractivity contribution < 1.29 is 4.79 Å². The molecule has 1 amide bonds. The predicted molar refractivity (Wildman–Crippen MR) is 94.6 cm³/mol. The molecule has 118 valence electrons. The van der Waals surface area contributed by atoms with Gasteiger partial charge in [0, 0.05) is 28.4 Å². The molecule has 3 N–H and O–H groups in total. The van der Waals surface area contributed by atoms with Crippen molar-refractivity contribution in [2.45, 2.75) is 6.54 Å². The van der Waals surface area contributed by atoms with Crippen LogP contribution in [0.4, 0.5) is 0 Å². The number of nitrogens with one attached hydrogen (secondary N) is 3. The van der Waals surface area contributed by atoms with Crippen LogP contribution in [0.3, 0.4) is 0 Å². The summed E-state index contributed by atoms with van der Waals surface area (Å²) in [6.45, 7) is 0.603. The van der Waals surface area contributed by atoms with Gasteiger partial charge in [-0.3, -0.25) is 15.6 Å². The lowest BCUT2D eigenvalue weighted by Crippen LogP contribution is -2.46. The number of pyridine rings is 1. The van der Waals surface area contributed by atoms with Gasteiger partial charge in [0.15, 0.2) is 5.11 Å². The molecule has 0 aromatic carbocycles. The molecule has 0 bridgehead atoms. The van der Waals surface area contributed by atoms with Crippen LogP contribution in [0, 0.1) is 0 Å². The largest absolute Gasteiger partial charge is 0.356 e. The second-order valence-corrected chi connectivity index (χ2v) is 6.45. The van der Waals surface area contributed by atoms with Gasteiger partial charge in [-0.05, 0) is 29.7 Å². The number of thiocarbonyl (C=S) groups is 1. The molecule has 9 heteroatoms. The lowest BCUT2D eigenvalue weighted by atomic mass is 10.4. The molecule has 23 heavy (non-hydrogen) atoms. The molecular formula is C14H12ClN5OS2. The van der Waals surface area contributed by atoms with E-state index < -0.39 is 0 Å². The number of carbonyl (C=O) groups is 1. The molecule has 6 nitrogen and oxygen atoms in total. The molecule has 0 saturated heterocycles. The maximum atomic E-state index is 12.1. The number of carbonyl (C=O) groups excluding carboxylic acids is 1. The number of amides is 1. The van der Waals surface area contributed by atoms with E-state index in [1.165, 1.54) is 0 Å². The van der Waals surface area contributed by atoms with Crippen LogP contribution >= 0.6 is 35.2 Å². The van der Waals surface area contributed by atoms with E-state index in [4.69, 9.17) is 23.8 Å². The van der Waals surface area contributed by atoms with Crippen molar-refractivity contribution in [1.29, 1.82) is 0 Å². The van der Waals surface area contributed by atoms with Crippen molar-refractivity contribution >= 4 is 51.8 Å². The molecule has 0 aliphatic heterocycles. The Balaban J connectivity index is 1.54. The van der Waals surface area contributed by atoms with Gasteiger partial charge in [-0.1, -0.05) is 17.7 Å². The Kier molecular flexibility index (Phi) is 4.75. The highest BCUT2D eigenvalue weighted by Crippen LogP contribution is 2.12. The van der Waals surface area contributed by atoms with E-state index >= 15 is 0 Å². The number of hydrogen-bond acceptors (Lipinski definition) is 4. The Morgan fingerprint density at radius 1 is 1.39 bits per heavy atom. The second kappa shape index (κ2) is 6.95. The normalized spacial score (nSPS) is 10.5. The van der Waals surface area contributed by atoms with E-state index in [2.05, 4.69) is 21.2 Å². The fourth-order valence-corrected chi connectivity index (χ4v) is 2.79. The first kappa shape index (κ1) is 15.7. The van der Waals surface area contributed by atoms with Crippen LogP contribution in [0.2, 0.25) is 5.02 Å². The number of thiophene rings is 1. The van der Waals surface area contributed by atoms with E-state index in [1.54, 1.807) is 40.3 Å². The van der Waals surface area contributed by atoms with Crippen molar-refractivity contribution in [1.82, 2.24) is 25.6 Å². The molecule has 0 saturated carbocycles. The average Bonchev–Trinajstić information content (AvgIpc) is 3.19. The number of fused-ring (bicyclic) bond motifs is 1. The Morgan fingerprint density at radius 2 is 2.26 bits per heavy atom. The standard InChI is InChI=1S/C14H12ClN5OS2/c15-9-3-4-20-8-11(17-12(20)6-9)13(21)18-19-14(22)16-7-10-2-1-5-23-10/h1-6,8H,7H2,(H,18,21)(H2,16,19,22). The van der Waals surface area contributed by atoms with E-state index in [1.807, 2.05) is 17.5 Å². The third-order valence-electron chi connectivity index (χ3n) is 2.95. The molecule has 0 unspecified atom stereocenters. The molecule has 0 radical (unpaired) electrons. The highest BCUT2D eigenvalue weighted by atomic mass is 35.5. The van der Waals surface area contributed by atoms with Crippen molar-refractivity contribution in [2.24, 2.45) is 0 Å². The monoisotopic (exact) mass is 365 g/mol. The first-order chi connectivity index (χ1) is 11.1. The van der Waals surface area contributed by atoms with Gasteiger partial charge in [-0.15, -0.1) is 11.3 Å². The van der Waals surface area contributed by atoms with Gasteiger partial charge in [0.25, 0.3) is 5.91 Å². The fraction of sp³-hybridized carbons (Fsp3) is 0.0714. The second-order valence-electron chi connectivity index (χ2n) is 4.58. The number of hydrazine groups is 1. The highest BCUT2D eigenvalue weighted by molar-refractivity contribution is 7.80. The van der Waals surface area contributed by atoms with E-state index in [0.717, 1.165) is 4.88 Å². The zero-order chi connectivity index (χ0) is 16.2. The molecule has 0 atom stereocenters. The van der Waals surface area contributed by atoms with Crippen LogP contribution in [0.1, 0.15) is 15.4 Å². The minimum Gasteiger partial charge on any atom is -0.356 e. The lowest BCUT2D eigenvalue weighted by Gasteiger charge is -2.09. The van der Waals surface area contributed by atoms with Gasteiger partial charge in [0.05, 0.1) is 6.54 Å². The molecule has 0 aliphatic carbocycles. The summed E-state index contributed by atoms with van der Waals surface area (Å²) < 4.78 is 1.72. The molecule has 0 aliphatic rings. The number of halogens is 1. The average molecular weight is 366 g/mol. The van der Waals surface area contributed by atoms with E-state index in [-0.39, 0.29) is 11.6 Å². The van der Waals surface area contributed by atoms with Gasteiger partial charge < -0.3 is 9.72 Å².